The average molecular weight is 2080 g/mol. The summed E-state index contributed by atoms with van der Waals surface area (Å²) in [6.45, 7) is 34.7. The Kier molecular flexibility index (Phi) is 69.3. The second kappa shape index (κ2) is 79.6. The van der Waals surface area contributed by atoms with Gasteiger partial charge in [-0.25, -0.2) is 0 Å². The van der Waals surface area contributed by atoms with E-state index in [4.69, 9.17) is 82.4 Å². The third kappa shape index (κ3) is 61.5. The molecule has 13 rings (SSSR count). The highest BCUT2D eigenvalue weighted by molar-refractivity contribution is 9.09. The number of carbonyl (C=O) groups is 6. The molecule has 0 saturated heterocycles. The minimum Gasteiger partial charge on any atom is -0.508 e. The van der Waals surface area contributed by atoms with Crippen LogP contribution in [0.15, 0.2) is 340 Å². The van der Waals surface area contributed by atoms with Crippen LogP contribution in [0.4, 0.5) is 0 Å². The lowest BCUT2D eigenvalue weighted by Crippen LogP contribution is -2.15. The van der Waals surface area contributed by atoms with Crippen LogP contribution < -0.4 is 52.1 Å². The van der Waals surface area contributed by atoms with Crippen LogP contribution in [-0.4, -0.2) is 117 Å². The Balaban J connectivity index is 0.000000827. The summed E-state index contributed by atoms with van der Waals surface area (Å²) in [4.78, 5) is 65.8. The SMILES string of the molecule is C=COCC.CC.CC(=O)Cl.CC(=O)Oc1ccc(O)cc1.CC(=O)Oc1ccc(OCc2ccccc2)cc1.CCCBr.CCCOc1ccc(C(=O)c2ccc(O)cc2)cc1.CCCOc1ccc(C(=O)c2ccc(OC(C)=O)cc2)cc1.CCCOc1ccc(CO)cc1.CCCOc1ccc(COc2ccc(OC(C)OCC)cc2)cc1.OCc1ccc(O)cc1.Oc1ccc(OCc2ccccc2)cc1.[HH]. The summed E-state index contributed by atoms with van der Waals surface area (Å²) in [5.41, 5.74) is 7.36. The van der Waals surface area contributed by atoms with Gasteiger partial charge in [0.25, 0.3) is 0 Å². The number of phenols is 4. The lowest BCUT2D eigenvalue weighted by atomic mass is 10.0. The van der Waals surface area contributed by atoms with Crippen molar-refractivity contribution in [3.63, 3.8) is 0 Å². The fraction of sp³-hybridized carbons (Fsp3) is 0.271. The van der Waals surface area contributed by atoms with Gasteiger partial charge < -0.3 is 92.2 Å². The molecule has 27 heteroatoms. The minimum absolute atomic E-state index is 0. The molecule has 0 bridgehead atoms. The molecule has 0 fully saturated rings. The van der Waals surface area contributed by atoms with Gasteiger partial charge in [0.2, 0.25) is 5.24 Å². The van der Waals surface area contributed by atoms with E-state index in [0.717, 1.165) is 125 Å². The number of phenolic OH excluding ortho intramolecular Hbond substituents is 4. The number of carbonyl (C=O) groups excluding carboxylic acids is 6. The van der Waals surface area contributed by atoms with Crippen LogP contribution in [-0.2, 0) is 61.7 Å². The Morgan fingerprint density at radius 1 is 0.317 bits per heavy atom. The van der Waals surface area contributed by atoms with Crippen LogP contribution in [0, 0.1) is 0 Å². The molecule has 778 valence electrons. The van der Waals surface area contributed by atoms with Gasteiger partial charge in [0, 0.05) is 63.3 Å². The fourth-order valence-corrected chi connectivity index (χ4v) is 10.9. The molecule has 0 aliphatic heterocycles. The van der Waals surface area contributed by atoms with Crippen molar-refractivity contribution in [1.82, 2.24) is 0 Å². The molecule has 13 aromatic carbocycles. The molecule has 0 saturated carbocycles. The van der Waals surface area contributed by atoms with Gasteiger partial charge in [-0.3, -0.25) is 28.8 Å². The number of halogens is 2. The van der Waals surface area contributed by atoms with Gasteiger partial charge in [-0.2, -0.15) is 0 Å². The van der Waals surface area contributed by atoms with E-state index in [1.807, 2.05) is 182 Å². The van der Waals surface area contributed by atoms with E-state index in [1.165, 1.54) is 76.8 Å². The number of alkyl halides is 1. The highest BCUT2D eigenvalue weighted by Gasteiger charge is 2.13. The van der Waals surface area contributed by atoms with Crippen molar-refractivity contribution < 1.29 is 122 Å². The second-order valence-corrected chi connectivity index (χ2v) is 31.2. The Morgan fingerprint density at radius 2 is 0.531 bits per heavy atom. The number of hydrogen-bond acceptors (Lipinski definition) is 25. The predicted molar refractivity (Wildman–Crippen MR) is 577 cm³/mol. The van der Waals surface area contributed by atoms with E-state index in [1.54, 1.807) is 158 Å². The molecule has 1 unspecified atom stereocenters. The van der Waals surface area contributed by atoms with E-state index < -0.39 is 0 Å². The van der Waals surface area contributed by atoms with Crippen molar-refractivity contribution in [2.75, 3.05) is 45.0 Å². The van der Waals surface area contributed by atoms with E-state index in [0.29, 0.717) is 79.1 Å². The zero-order valence-corrected chi connectivity index (χ0v) is 87.6. The molecule has 13 aromatic rings. The topological polar surface area (TPSA) is 344 Å². The minimum atomic E-state index is -0.387. The maximum Gasteiger partial charge on any atom is 0.308 e. The number of aliphatic hydroxyl groups excluding tert-OH is 2. The van der Waals surface area contributed by atoms with E-state index in [2.05, 4.69) is 59.6 Å². The number of ketones is 2. The molecule has 0 aliphatic carbocycles. The third-order valence-electron chi connectivity index (χ3n) is 17.7. The summed E-state index contributed by atoms with van der Waals surface area (Å²) in [5, 5.41) is 54.0. The van der Waals surface area contributed by atoms with Crippen LogP contribution in [0.25, 0.3) is 0 Å². The monoisotopic (exact) mass is 2070 g/mol. The first-order valence-corrected chi connectivity index (χ1v) is 48.9. The number of ether oxygens (including phenoxy) is 13. The lowest BCUT2D eigenvalue weighted by Gasteiger charge is -2.14. The van der Waals surface area contributed by atoms with Crippen molar-refractivity contribution in [2.45, 2.75) is 168 Å². The van der Waals surface area contributed by atoms with Gasteiger partial charge in [0.1, 0.15) is 106 Å². The summed E-state index contributed by atoms with van der Waals surface area (Å²) in [6, 6.07) is 95.9. The average Bonchev–Trinajstić information content (AvgIpc) is 0.844. The quantitative estimate of drug-likeness (QED) is 0.00401. The van der Waals surface area contributed by atoms with Gasteiger partial charge >= 0.3 is 17.9 Å². The van der Waals surface area contributed by atoms with Crippen molar-refractivity contribution in [1.29, 1.82) is 0 Å². The Labute approximate surface area is 869 Å². The van der Waals surface area contributed by atoms with Crippen molar-refractivity contribution in [3.05, 3.63) is 390 Å². The molecule has 0 aromatic heterocycles. The molecule has 145 heavy (non-hydrogen) atoms. The fourth-order valence-electron chi connectivity index (χ4n) is 10.9. The first-order valence-electron chi connectivity index (χ1n) is 47.4. The Morgan fingerprint density at radius 3 is 0.786 bits per heavy atom. The first-order chi connectivity index (χ1) is 70.0. The zero-order valence-electron chi connectivity index (χ0n) is 85.3. The maximum absolute atomic E-state index is 12.4. The largest absolute Gasteiger partial charge is 0.508 e. The molecular formula is C118H142BrClO25. The van der Waals surface area contributed by atoms with Crippen molar-refractivity contribution in [3.8, 4) is 86.2 Å². The highest BCUT2D eigenvalue weighted by Crippen LogP contribution is 2.26. The Bertz CT molecular complexity index is 5560. The van der Waals surface area contributed by atoms with Crippen molar-refractivity contribution in [2.24, 2.45) is 0 Å². The summed E-state index contributed by atoms with van der Waals surface area (Å²) in [6.07, 6.45) is 6.33. The molecule has 0 spiro atoms. The summed E-state index contributed by atoms with van der Waals surface area (Å²) < 4.78 is 69.0. The summed E-state index contributed by atoms with van der Waals surface area (Å²) in [5.74, 6) is 7.30. The smallest absolute Gasteiger partial charge is 0.308 e. The molecular weight excluding hydrogens is 1930 g/mol. The zero-order chi connectivity index (χ0) is 107. The number of hydrogen-bond donors (Lipinski definition) is 6. The number of aliphatic hydroxyl groups is 2. The predicted octanol–water partition coefficient (Wildman–Crippen LogP) is 27.2. The molecule has 25 nitrogen and oxygen atoms in total. The molecule has 6 N–H and O–H groups in total. The second-order valence-electron chi connectivity index (χ2n) is 29.9. The van der Waals surface area contributed by atoms with Crippen LogP contribution in [0.5, 0.6) is 86.2 Å². The number of benzene rings is 13. The van der Waals surface area contributed by atoms with Gasteiger partial charge in [0.05, 0.1) is 52.5 Å². The maximum atomic E-state index is 12.4. The summed E-state index contributed by atoms with van der Waals surface area (Å²) in [7, 11) is 0. The van der Waals surface area contributed by atoms with Gasteiger partial charge in [-0.15, -0.1) is 0 Å². The third-order valence-corrected chi connectivity index (χ3v) is 18.5. The standard InChI is InChI=1S/C20H26O4.C18H18O4.C16H16O3.C15H14O3.C13H12O2.C10H14O2.C8H8O3.C7H8O2.C4H8O.C3H7Br.C2H3ClO.C2H6.H2/c1-4-14-22-18-8-6-17(7-9-18)15-23-19-10-12-20(13-11-19)24-16(3)21-5-2;1-3-12-21-16-8-4-14(5-9-16)18(20)15-6-10-17(11-7-15)22-13(2)19;1-2-11-19-15-9-5-13(6-10-15)16(18)12-3-7-14(17)8-4-12;1-12(16)18-15-9-7-14(8-10-15)17-11-13-5-3-2-4-6-13;14-12-6-8-13(9-7-12)15-10-11-4-2-1-3-5-11;1-2-7-12-10-5-3-9(8-11)4-6-10;1-6(9)11-8-4-2-7(10)3-5-8;8-5-6-1-3-7(9)4-2-6;1-3-5-4-2;1-2-3-4;1-2(3)4;1-2;/h6-13,16H,4-5,14-15H2,1-3H3;4-11H,3,12H2,1-2H3;3-10,17H,2,11H2,1H3;2-10H,11H2,1H3;1-9,14H,10H2;3-6,11H,2,7-8H2,1H3;2-5,10H,1H3;1-4,8-9H,5H2;3H,1,4H2,2H3;2-3H2,1H3;1H3;1-2H3;1H. The van der Waals surface area contributed by atoms with Gasteiger partial charge in [-0.1, -0.05) is 168 Å². The van der Waals surface area contributed by atoms with Gasteiger partial charge in [-0.05, 0) is 323 Å². The van der Waals surface area contributed by atoms with Crippen LogP contribution in [0.3, 0.4) is 0 Å². The number of aromatic hydroxyl groups is 4. The van der Waals surface area contributed by atoms with E-state index in [9.17, 15) is 33.9 Å². The van der Waals surface area contributed by atoms with E-state index in [-0.39, 0.29) is 78.6 Å². The highest BCUT2D eigenvalue weighted by atomic mass is 79.9. The van der Waals surface area contributed by atoms with Gasteiger partial charge in [0.15, 0.2) is 17.9 Å². The molecule has 0 amide bonds. The Hall–Kier alpha value is -14.9. The number of rotatable bonds is 37. The van der Waals surface area contributed by atoms with E-state index >= 15 is 0 Å². The van der Waals surface area contributed by atoms with Crippen molar-refractivity contribution >= 4 is 62.2 Å². The number of esters is 3. The van der Waals surface area contributed by atoms with Crippen LogP contribution in [0.1, 0.15) is 190 Å². The normalized spacial score (nSPS) is 9.81. The molecule has 0 heterocycles. The molecule has 0 radical (unpaired) electrons. The summed E-state index contributed by atoms with van der Waals surface area (Å²) >= 11 is 7.88. The molecule has 0 aliphatic rings. The molecule has 1 atom stereocenters. The van der Waals surface area contributed by atoms with Crippen LogP contribution >= 0.6 is 27.5 Å². The lowest BCUT2D eigenvalue weighted by molar-refractivity contribution is -0.132. The van der Waals surface area contributed by atoms with Crippen LogP contribution in [0.2, 0.25) is 0 Å². The first kappa shape index (κ1) is 126.